The van der Waals surface area contributed by atoms with Crippen molar-refractivity contribution in [2.24, 2.45) is 0 Å². The van der Waals surface area contributed by atoms with Crippen LogP contribution in [0.5, 0.6) is 0 Å². The number of fused-ring (bicyclic) bond motifs is 3. The molecule has 4 rings (SSSR count). The Labute approximate surface area is 113 Å². The third kappa shape index (κ3) is 2.59. The normalized spacial score (nSPS) is 30.8. The molecule has 3 aliphatic rings. The zero-order valence-electron chi connectivity index (χ0n) is 11.1. The predicted octanol–water partition coefficient (Wildman–Crippen LogP) is 1.31. The SMILES string of the molecule is CCCNCc1csc(C2CN3CCN2CC3)n1. The Morgan fingerprint density at radius 1 is 1.39 bits per heavy atom. The largest absolute Gasteiger partial charge is 0.311 e. The van der Waals surface area contributed by atoms with Gasteiger partial charge in [0.1, 0.15) is 5.01 Å². The third-order valence-corrected chi connectivity index (χ3v) is 4.86. The van der Waals surface area contributed by atoms with Crippen LogP contribution in [0, 0.1) is 0 Å². The summed E-state index contributed by atoms with van der Waals surface area (Å²) in [6.45, 7) is 10.3. The van der Waals surface area contributed by atoms with Gasteiger partial charge >= 0.3 is 0 Å². The highest BCUT2D eigenvalue weighted by Crippen LogP contribution is 2.30. The van der Waals surface area contributed by atoms with Crippen LogP contribution in [-0.2, 0) is 6.54 Å². The second-order valence-corrected chi connectivity index (χ2v) is 6.10. The van der Waals surface area contributed by atoms with Crippen molar-refractivity contribution in [1.29, 1.82) is 0 Å². The fourth-order valence-electron chi connectivity index (χ4n) is 2.80. The molecular formula is C13H22N4S. The number of thiazole rings is 1. The van der Waals surface area contributed by atoms with E-state index >= 15 is 0 Å². The van der Waals surface area contributed by atoms with Gasteiger partial charge in [-0.1, -0.05) is 6.92 Å². The van der Waals surface area contributed by atoms with Gasteiger partial charge in [-0.3, -0.25) is 9.80 Å². The summed E-state index contributed by atoms with van der Waals surface area (Å²) < 4.78 is 0. The summed E-state index contributed by atoms with van der Waals surface area (Å²) in [6.07, 6.45) is 1.18. The number of hydrogen-bond acceptors (Lipinski definition) is 5. The highest BCUT2D eigenvalue weighted by molar-refractivity contribution is 7.09. The molecule has 1 unspecified atom stereocenters. The Hall–Kier alpha value is -0.490. The van der Waals surface area contributed by atoms with Gasteiger partial charge in [-0.15, -0.1) is 11.3 Å². The molecule has 1 atom stereocenters. The van der Waals surface area contributed by atoms with E-state index in [9.17, 15) is 0 Å². The topological polar surface area (TPSA) is 31.4 Å². The van der Waals surface area contributed by atoms with Crippen LogP contribution < -0.4 is 5.32 Å². The van der Waals surface area contributed by atoms with Crippen molar-refractivity contribution >= 4 is 11.3 Å². The van der Waals surface area contributed by atoms with Crippen molar-refractivity contribution in [2.75, 3.05) is 39.3 Å². The van der Waals surface area contributed by atoms with Gasteiger partial charge < -0.3 is 5.32 Å². The van der Waals surface area contributed by atoms with Crippen LogP contribution in [0.4, 0.5) is 0 Å². The molecule has 0 aromatic carbocycles. The van der Waals surface area contributed by atoms with Gasteiger partial charge in [-0.2, -0.15) is 0 Å². The smallest absolute Gasteiger partial charge is 0.111 e. The molecule has 4 heterocycles. The predicted molar refractivity (Wildman–Crippen MR) is 74.9 cm³/mol. The summed E-state index contributed by atoms with van der Waals surface area (Å²) in [5, 5.41) is 6.95. The van der Waals surface area contributed by atoms with Crippen LogP contribution in [-0.4, -0.2) is 54.1 Å². The van der Waals surface area contributed by atoms with Gasteiger partial charge in [0.15, 0.2) is 0 Å². The number of hydrogen-bond donors (Lipinski definition) is 1. The van der Waals surface area contributed by atoms with Gasteiger partial charge in [-0.25, -0.2) is 4.98 Å². The first kappa shape index (κ1) is 12.5. The van der Waals surface area contributed by atoms with Crippen LogP contribution in [0.3, 0.4) is 0 Å². The van der Waals surface area contributed by atoms with Crippen molar-refractivity contribution < 1.29 is 0 Å². The highest BCUT2D eigenvalue weighted by Gasteiger charge is 2.34. The average Bonchev–Trinajstić information content (AvgIpc) is 2.89. The Kier molecular flexibility index (Phi) is 3.94. The zero-order chi connectivity index (χ0) is 12.4. The molecule has 3 saturated heterocycles. The molecule has 1 N–H and O–H groups in total. The van der Waals surface area contributed by atoms with Crippen LogP contribution in [0.25, 0.3) is 0 Å². The molecule has 100 valence electrons. The lowest BCUT2D eigenvalue weighted by Crippen LogP contribution is -2.56. The second kappa shape index (κ2) is 5.65. The molecule has 0 spiro atoms. The van der Waals surface area contributed by atoms with E-state index in [2.05, 4.69) is 27.4 Å². The third-order valence-electron chi connectivity index (χ3n) is 3.87. The minimum atomic E-state index is 0.553. The molecule has 0 radical (unpaired) electrons. The second-order valence-electron chi connectivity index (χ2n) is 5.21. The molecule has 3 fully saturated rings. The maximum Gasteiger partial charge on any atom is 0.111 e. The number of rotatable bonds is 5. The van der Waals surface area contributed by atoms with Crippen molar-refractivity contribution in [1.82, 2.24) is 20.1 Å². The summed E-state index contributed by atoms with van der Waals surface area (Å²) in [6, 6.07) is 0.553. The quantitative estimate of drug-likeness (QED) is 0.815. The molecule has 5 heteroatoms. The molecule has 0 amide bonds. The lowest BCUT2D eigenvalue weighted by Gasteiger charge is -2.46. The summed E-state index contributed by atoms with van der Waals surface area (Å²) >= 11 is 1.83. The maximum absolute atomic E-state index is 4.81. The van der Waals surface area contributed by atoms with Gasteiger partial charge in [0, 0.05) is 44.6 Å². The molecule has 2 bridgehead atoms. The van der Waals surface area contributed by atoms with E-state index in [-0.39, 0.29) is 0 Å². The Morgan fingerprint density at radius 2 is 2.22 bits per heavy atom. The first-order valence-corrected chi connectivity index (χ1v) is 7.86. The van der Waals surface area contributed by atoms with E-state index in [4.69, 9.17) is 4.98 Å². The van der Waals surface area contributed by atoms with E-state index in [1.54, 1.807) is 0 Å². The average molecular weight is 266 g/mol. The number of piperazine rings is 3. The molecule has 3 aliphatic heterocycles. The molecule has 0 saturated carbocycles. The number of aromatic nitrogens is 1. The minimum absolute atomic E-state index is 0.553. The fraction of sp³-hybridized carbons (Fsp3) is 0.769. The molecule has 0 aliphatic carbocycles. The molecule has 18 heavy (non-hydrogen) atoms. The van der Waals surface area contributed by atoms with Crippen molar-refractivity contribution in [3.63, 3.8) is 0 Å². The van der Waals surface area contributed by atoms with Crippen LogP contribution in [0.1, 0.15) is 30.1 Å². The lowest BCUT2D eigenvalue weighted by atomic mass is 10.1. The fourth-order valence-corrected chi connectivity index (χ4v) is 3.75. The van der Waals surface area contributed by atoms with E-state index < -0.39 is 0 Å². The van der Waals surface area contributed by atoms with E-state index in [1.807, 2.05) is 11.3 Å². The molecule has 1 aromatic rings. The van der Waals surface area contributed by atoms with Crippen LogP contribution in [0.2, 0.25) is 0 Å². The van der Waals surface area contributed by atoms with Crippen LogP contribution in [0.15, 0.2) is 5.38 Å². The summed E-state index contributed by atoms with van der Waals surface area (Å²) in [5.74, 6) is 0. The first-order valence-electron chi connectivity index (χ1n) is 6.98. The van der Waals surface area contributed by atoms with E-state index in [0.717, 1.165) is 13.1 Å². The Morgan fingerprint density at radius 3 is 2.89 bits per heavy atom. The summed E-state index contributed by atoms with van der Waals surface area (Å²) in [4.78, 5) is 9.98. The van der Waals surface area contributed by atoms with Gasteiger partial charge in [-0.05, 0) is 13.0 Å². The van der Waals surface area contributed by atoms with Crippen molar-refractivity contribution in [3.8, 4) is 0 Å². The minimum Gasteiger partial charge on any atom is -0.311 e. The number of nitrogens with zero attached hydrogens (tertiary/aromatic N) is 3. The molecule has 4 nitrogen and oxygen atoms in total. The monoisotopic (exact) mass is 266 g/mol. The maximum atomic E-state index is 4.81. The van der Waals surface area contributed by atoms with Crippen LogP contribution >= 0.6 is 11.3 Å². The van der Waals surface area contributed by atoms with E-state index in [0.29, 0.717) is 6.04 Å². The summed E-state index contributed by atoms with van der Waals surface area (Å²) in [5.41, 5.74) is 1.21. The lowest BCUT2D eigenvalue weighted by molar-refractivity contribution is 0.0122. The van der Waals surface area contributed by atoms with Gasteiger partial charge in [0.2, 0.25) is 0 Å². The zero-order valence-corrected chi connectivity index (χ0v) is 11.9. The van der Waals surface area contributed by atoms with Crippen molar-refractivity contribution in [3.05, 3.63) is 16.1 Å². The Bertz CT molecular complexity index is 384. The Balaban J connectivity index is 1.62. The molecule has 1 aromatic heterocycles. The van der Waals surface area contributed by atoms with E-state index in [1.165, 1.54) is 49.8 Å². The van der Waals surface area contributed by atoms with Crippen molar-refractivity contribution in [2.45, 2.75) is 25.9 Å². The van der Waals surface area contributed by atoms with Gasteiger partial charge in [0.25, 0.3) is 0 Å². The molecular weight excluding hydrogens is 244 g/mol. The standard InChI is InChI=1S/C13H22N4S/c1-2-3-14-8-11-10-18-13(15-11)12-9-16-4-6-17(12)7-5-16/h10,12,14H,2-9H2,1H3. The first-order chi connectivity index (χ1) is 8.86. The van der Waals surface area contributed by atoms with Gasteiger partial charge in [0.05, 0.1) is 11.7 Å². The summed E-state index contributed by atoms with van der Waals surface area (Å²) in [7, 11) is 0. The number of nitrogens with one attached hydrogen (secondary N) is 1. The highest BCUT2D eigenvalue weighted by atomic mass is 32.1.